The number of benzene rings is 1. The molecule has 0 aliphatic carbocycles. The summed E-state index contributed by atoms with van der Waals surface area (Å²) < 4.78 is 11.1. The van der Waals surface area contributed by atoms with Gasteiger partial charge in [-0.15, -0.1) is 0 Å². The van der Waals surface area contributed by atoms with Gasteiger partial charge in [0, 0.05) is 37.1 Å². The van der Waals surface area contributed by atoms with Gasteiger partial charge in [-0.2, -0.15) is 11.8 Å². The lowest BCUT2D eigenvalue weighted by molar-refractivity contribution is -0.121. The molecule has 1 aliphatic rings. The molecule has 6 heteroatoms. The number of thioether (sulfide) groups is 1. The molecule has 1 fully saturated rings. The molecule has 1 unspecified atom stereocenters. The van der Waals surface area contributed by atoms with E-state index in [4.69, 9.17) is 9.47 Å². The van der Waals surface area contributed by atoms with Crippen LogP contribution in [0.1, 0.15) is 31.7 Å². The van der Waals surface area contributed by atoms with Crippen molar-refractivity contribution < 1.29 is 14.3 Å². The number of carbonyl (C=O) groups is 1. The molecule has 2 N–H and O–H groups in total. The largest absolute Gasteiger partial charge is 0.493 e. The van der Waals surface area contributed by atoms with E-state index in [1.807, 2.05) is 30.0 Å². The van der Waals surface area contributed by atoms with Gasteiger partial charge in [0.2, 0.25) is 5.91 Å². The molecule has 1 aromatic carbocycles. The van der Waals surface area contributed by atoms with Gasteiger partial charge in [-0.3, -0.25) is 4.79 Å². The molecule has 134 valence electrons. The Kier molecular flexibility index (Phi) is 8.25. The van der Waals surface area contributed by atoms with E-state index < -0.39 is 0 Å². The smallest absolute Gasteiger partial charge is 0.221 e. The van der Waals surface area contributed by atoms with E-state index in [9.17, 15) is 4.79 Å². The molecule has 1 aliphatic heterocycles. The maximum atomic E-state index is 12.1. The third-order valence-electron chi connectivity index (χ3n) is 3.90. The van der Waals surface area contributed by atoms with Crippen LogP contribution in [-0.4, -0.2) is 43.7 Å². The maximum Gasteiger partial charge on any atom is 0.221 e. The number of carbonyl (C=O) groups excluding carboxylic acids is 1. The van der Waals surface area contributed by atoms with Gasteiger partial charge in [0.05, 0.1) is 13.7 Å². The van der Waals surface area contributed by atoms with Crippen molar-refractivity contribution in [3.8, 4) is 11.5 Å². The Morgan fingerprint density at radius 3 is 3.00 bits per heavy atom. The van der Waals surface area contributed by atoms with Crippen molar-refractivity contribution in [1.29, 1.82) is 0 Å². The summed E-state index contributed by atoms with van der Waals surface area (Å²) in [7, 11) is 1.64. The van der Waals surface area contributed by atoms with Crippen LogP contribution >= 0.6 is 11.8 Å². The first-order valence-electron chi connectivity index (χ1n) is 8.60. The fourth-order valence-corrected chi connectivity index (χ4v) is 3.46. The Labute approximate surface area is 148 Å². The summed E-state index contributed by atoms with van der Waals surface area (Å²) in [6, 6.07) is 6.09. The summed E-state index contributed by atoms with van der Waals surface area (Å²) in [5.41, 5.74) is 1.01. The Balaban J connectivity index is 1.81. The predicted octanol–water partition coefficient (Wildman–Crippen LogP) is 2.59. The third kappa shape index (κ3) is 6.24. The number of nitrogens with one attached hydrogen (secondary N) is 2. The second-order valence-corrected chi connectivity index (χ2v) is 7.04. The molecular weight excluding hydrogens is 324 g/mol. The first kappa shape index (κ1) is 18.9. The van der Waals surface area contributed by atoms with Crippen LogP contribution in [0.25, 0.3) is 0 Å². The van der Waals surface area contributed by atoms with Gasteiger partial charge in [-0.1, -0.05) is 19.4 Å². The summed E-state index contributed by atoms with van der Waals surface area (Å²) in [6.45, 7) is 4.31. The predicted molar refractivity (Wildman–Crippen MR) is 99.0 cm³/mol. The van der Waals surface area contributed by atoms with E-state index in [1.54, 1.807) is 7.11 Å². The van der Waals surface area contributed by atoms with Gasteiger partial charge in [0.25, 0.3) is 0 Å². The molecule has 1 atom stereocenters. The first-order valence-corrected chi connectivity index (χ1v) is 9.76. The first-order chi connectivity index (χ1) is 11.7. The van der Waals surface area contributed by atoms with Crippen molar-refractivity contribution in [2.45, 2.75) is 38.8 Å². The van der Waals surface area contributed by atoms with Crippen LogP contribution in [0.4, 0.5) is 0 Å². The van der Waals surface area contributed by atoms with E-state index >= 15 is 0 Å². The molecule has 0 saturated carbocycles. The van der Waals surface area contributed by atoms with Gasteiger partial charge < -0.3 is 20.1 Å². The minimum Gasteiger partial charge on any atom is -0.493 e. The highest BCUT2D eigenvalue weighted by molar-refractivity contribution is 7.99. The number of methoxy groups -OCH3 is 1. The molecule has 1 aromatic rings. The third-order valence-corrected chi connectivity index (χ3v) is 5.03. The Bertz CT molecular complexity index is 519. The zero-order valence-corrected chi connectivity index (χ0v) is 15.4. The van der Waals surface area contributed by atoms with Crippen LogP contribution in [0, 0.1) is 0 Å². The second-order valence-electron chi connectivity index (χ2n) is 5.89. The van der Waals surface area contributed by atoms with E-state index in [0.29, 0.717) is 25.3 Å². The number of hydrogen-bond donors (Lipinski definition) is 2. The Morgan fingerprint density at radius 2 is 2.29 bits per heavy atom. The maximum absolute atomic E-state index is 12.1. The lowest BCUT2D eigenvalue weighted by atomic mass is 10.2. The van der Waals surface area contributed by atoms with Crippen LogP contribution in [0.15, 0.2) is 18.2 Å². The highest BCUT2D eigenvalue weighted by atomic mass is 32.2. The number of unbranched alkanes of at least 4 members (excludes halogenated alkanes) is 1. The molecule has 5 nitrogen and oxygen atoms in total. The summed E-state index contributed by atoms with van der Waals surface area (Å²) in [4.78, 5) is 12.1. The lowest BCUT2D eigenvalue weighted by Gasteiger charge is -2.22. The second kappa shape index (κ2) is 10.5. The molecule has 1 heterocycles. The van der Waals surface area contributed by atoms with Crippen molar-refractivity contribution in [3.63, 3.8) is 0 Å². The van der Waals surface area contributed by atoms with Crippen LogP contribution in [0.2, 0.25) is 0 Å². The zero-order chi connectivity index (χ0) is 17.2. The average Bonchev–Trinajstić information content (AvgIpc) is 2.61. The van der Waals surface area contributed by atoms with Gasteiger partial charge >= 0.3 is 0 Å². The van der Waals surface area contributed by atoms with Gasteiger partial charge in [0.15, 0.2) is 11.5 Å². The molecule has 1 amide bonds. The molecule has 0 bridgehead atoms. The molecule has 1 saturated heterocycles. The minimum absolute atomic E-state index is 0.0808. The van der Waals surface area contributed by atoms with Crippen molar-refractivity contribution in [2.75, 3.05) is 31.8 Å². The van der Waals surface area contributed by atoms with E-state index in [2.05, 4.69) is 17.6 Å². The van der Waals surface area contributed by atoms with E-state index in [-0.39, 0.29) is 11.9 Å². The number of rotatable bonds is 9. The molecule has 0 spiro atoms. The van der Waals surface area contributed by atoms with Gasteiger partial charge in [-0.25, -0.2) is 0 Å². The average molecular weight is 353 g/mol. The number of hydrogen-bond acceptors (Lipinski definition) is 5. The van der Waals surface area contributed by atoms with Crippen molar-refractivity contribution in [3.05, 3.63) is 23.8 Å². The number of amides is 1. The van der Waals surface area contributed by atoms with Crippen LogP contribution in [-0.2, 0) is 11.3 Å². The minimum atomic E-state index is 0.0808. The van der Waals surface area contributed by atoms with E-state index in [0.717, 1.165) is 42.2 Å². The van der Waals surface area contributed by atoms with Crippen LogP contribution < -0.4 is 20.1 Å². The normalized spacial score (nSPS) is 17.3. The zero-order valence-electron chi connectivity index (χ0n) is 14.6. The van der Waals surface area contributed by atoms with Crippen LogP contribution in [0.5, 0.6) is 11.5 Å². The topological polar surface area (TPSA) is 59.6 Å². The van der Waals surface area contributed by atoms with Crippen molar-refractivity contribution >= 4 is 17.7 Å². The molecular formula is C18H28N2O3S. The van der Waals surface area contributed by atoms with E-state index in [1.165, 1.54) is 0 Å². The molecule has 0 aromatic heterocycles. The molecule has 0 radical (unpaired) electrons. The molecule has 24 heavy (non-hydrogen) atoms. The lowest BCUT2D eigenvalue weighted by Crippen LogP contribution is -2.41. The fraction of sp³-hybridized carbons (Fsp3) is 0.611. The van der Waals surface area contributed by atoms with Gasteiger partial charge in [-0.05, 0) is 24.1 Å². The Hall–Kier alpha value is -1.40. The summed E-state index contributed by atoms with van der Waals surface area (Å²) >= 11 is 1.90. The monoisotopic (exact) mass is 352 g/mol. The highest BCUT2D eigenvalue weighted by Gasteiger charge is 2.16. The summed E-state index contributed by atoms with van der Waals surface area (Å²) in [6.07, 6.45) is 2.65. The molecule has 2 rings (SSSR count). The summed E-state index contributed by atoms with van der Waals surface area (Å²) in [5, 5.41) is 6.36. The van der Waals surface area contributed by atoms with Gasteiger partial charge in [0.1, 0.15) is 0 Å². The van der Waals surface area contributed by atoms with Crippen LogP contribution in [0.3, 0.4) is 0 Å². The van der Waals surface area contributed by atoms with Crippen molar-refractivity contribution in [1.82, 2.24) is 10.6 Å². The summed E-state index contributed by atoms with van der Waals surface area (Å²) in [5.74, 6) is 3.68. The highest BCUT2D eigenvalue weighted by Crippen LogP contribution is 2.28. The Morgan fingerprint density at radius 1 is 1.42 bits per heavy atom. The fourth-order valence-electron chi connectivity index (χ4n) is 2.52. The standard InChI is InChI=1S/C18H28N2O3S/c1-3-4-8-23-16-6-5-14(10-17(16)22-2)12-20-18(21)11-15-13-24-9-7-19-15/h5-6,10,15,19H,3-4,7-9,11-13H2,1-2H3,(H,20,21). The SMILES string of the molecule is CCCCOc1ccc(CNC(=O)CC2CSCCN2)cc1OC. The quantitative estimate of drug-likeness (QED) is 0.669. The number of ether oxygens (including phenoxy) is 2. The van der Waals surface area contributed by atoms with Crippen molar-refractivity contribution in [2.24, 2.45) is 0 Å².